The largest absolute Gasteiger partial charge is 0.444 e. The molecule has 0 aromatic heterocycles. The predicted octanol–water partition coefficient (Wildman–Crippen LogP) is 5.34. The van der Waals surface area contributed by atoms with E-state index in [0.29, 0.717) is 12.7 Å². The summed E-state index contributed by atoms with van der Waals surface area (Å²) in [5.74, 6) is -0.337. The Morgan fingerprint density at radius 2 is 1.43 bits per heavy atom. The molecular formula is C28H38N2O5. The van der Waals surface area contributed by atoms with Gasteiger partial charge in [0.05, 0.1) is 6.54 Å². The summed E-state index contributed by atoms with van der Waals surface area (Å²) in [6.45, 7) is 10.8. The van der Waals surface area contributed by atoms with Crippen LogP contribution < -0.4 is 5.32 Å². The third-order valence-corrected chi connectivity index (χ3v) is 5.14. The Morgan fingerprint density at radius 1 is 0.886 bits per heavy atom. The van der Waals surface area contributed by atoms with Crippen molar-refractivity contribution in [2.45, 2.75) is 71.1 Å². The molecule has 35 heavy (non-hydrogen) atoms. The number of hydrogen-bond acceptors (Lipinski definition) is 5. The third-order valence-electron chi connectivity index (χ3n) is 5.14. The number of carbonyl (C=O) groups excluding carboxylic acids is 3. The second-order valence-corrected chi connectivity index (χ2v) is 10.5. The lowest BCUT2D eigenvalue weighted by molar-refractivity contribution is -0.109. The van der Waals surface area contributed by atoms with Gasteiger partial charge in [-0.1, -0.05) is 60.7 Å². The maximum Gasteiger partial charge on any atom is 0.410 e. The van der Waals surface area contributed by atoms with Crippen molar-refractivity contribution in [3.8, 4) is 0 Å². The van der Waals surface area contributed by atoms with Crippen molar-refractivity contribution >= 4 is 18.5 Å². The minimum Gasteiger partial charge on any atom is -0.444 e. The second-order valence-electron chi connectivity index (χ2n) is 10.5. The molecule has 0 saturated carbocycles. The van der Waals surface area contributed by atoms with Gasteiger partial charge in [-0.2, -0.15) is 0 Å². The first-order valence-electron chi connectivity index (χ1n) is 11.9. The van der Waals surface area contributed by atoms with Crippen molar-refractivity contribution in [1.82, 2.24) is 10.2 Å². The van der Waals surface area contributed by atoms with E-state index in [4.69, 9.17) is 9.47 Å². The van der Waals surface area contributed by atoms with Crippen LogP contribution in [0.5, 0.6) is 0 Å². The molecule has 2 atom stereocenters. The quantitative estimate of drug-likeness (QED) is 0.488. The van der Waals surface area contributed by atoms with E-state index in [2.05, 4.69) is 5.32 Å². The minimum absolute atomic E-state index is 0.137. The van der Waals surface area contributed by atoms with Crippen LogP contribution in [0.3, 0.4) is 0 Å². The maximum atomic E-state index is 13.3. The highest BCUT2D eigenvalue weighted by molar-refractivity contribution is 5.72. The van der Waals surface area contributed by atoms with E-state index < -0.39 is 29.4 Å². The van der Waals surface area contributed by atoms with E-state index in [1.54, 1.807) is 41.5 Å². The summed E-state index contributed by atoms with van der Waals surface area (Å²) in [6.07, 6.45) is 0.0363. The lowest BCUT2D eigenvalue weighted by Crippen LogP contribution is -2.50. The topological polar surface area (TPSA) is 84.9 Å². The summed E-state index contributed by atoms with van der Waals surface area (Å²) in [7, 11) is 0. The standard InChI is InChI=1S/C28H38N2O5/c1-27(2,3)34-25(32)29-20-23(22-15-11-8-12-16-22)24(19-21-13-9-7-10-14-21)30(17-18-31)26(33)35-28(4,5)6/h7-16,18,23-24H,17,19-20H2,1-6H3,(H,29,32). The number of alkyl carbamates (subject to hydrolysis) is 1. The summed E-state index contributed by atoms with van der Waals surface area (Å²) in [5.41, 5.74) is 0.543. The van der Waals surface area contributed by atoms with Crippen LogP contribution in [-0.2, 0) is 20.7 Å². The van der Waals surface area contributed by atoms with Crippen LogP contribution >= 0.6 is 0 Å². The molecule has 1 N–H and O–H groups in total. The van der Waals surface area contributed by atoms with Crippen LogP contribution in [-0.4, -0.2) is 53.7 Å². The van der Waals surface area contributed by atoms with Gasteiger partial charge in [0.15, 0.2) is 0 Å². The molecule has 2 aromatic rings. The van der Waals surface area contributed by atoms with E-state index in [-0.39, 0.29) is 19.0 Å². The Balaban J connectivity index is 2.49. The number of nitrogens with one attached hydrogen (secondary N) is 1. The first-order chi connectivity index (χ1) is 16.4. The molecule has 0 fully saturated rings. The average molecular weight is 483 g/mol. The number of aldehydes is 1. The number of carbonyl (C=O) groups is 3. The monoisotopic (exact) mass is 482 g/mol. The summed E-state index contributed by atoms with van der Waals surface area (Å²) >= 11 is 0. The number of ether oxygens (including phenoxy) is 2. The molecule has 2 aromatic carbocycles. The lowest BCUT2D eigenvalue weighted by Gasteiger charge is -2.37. The zero-order valence-electron chi connectivity index (χ0n) is 21.6. The highest BCUT2D eigenvalue weighted by Crippen LogP contribution is 2.28. The molecule has 7 heteroatoms. The molecule has 0 aliphatic heterocycles. The highest BCUT2D eigenvalue weighted by Gasteiger charge is 2.35. The fourth-order valence-electron chi connectivity index (χ4n) is 3.76. The van der Waals surface area contributed by atoms with Crippen LogP contribution in [0.25, 0.3) is 0 Å². The van der Waals surface area contributed by atoms with Crippen LogP contribution in [0, 0.1) is 0 Å². The Hall–Kier alpha value is -3.35. The van der Waals surface area contributed by atoms with Crippen LogP contribution in [0.1, 0.15) is 58.6 Å². The van der Waals surface area contributed by atoms with Crippen LogP contribution in [0.2, 0.25) is 0 Å². The normalized spacial score (nSPS) is 13.3. The zero-order valence-corrected chi connectivity index (χ0v) is 21.6. The van der Waals surface area contributed by atoms with Crippen molar-refractivity contribution < 1.29 is 23.9 Å². The third kappa shape index (κ3) is 9.81. The fourth-order valence-corrected chi connectivity index (χ4v) is 3.76. The fraction of sp³-hybridized carbons (Fsp3) is 0.464. The lowest BCUT2D eigenvalue weighted by atomic mass is 9.86. The van der Waals surface area contributed by atoms with E-state index in [0.717, 1.165) is 11.1 Å². The van der Waals surface area contributed by atoms with Gasteiger partial charge in [-0.3, -0.25) is 4.90 Å². The molecule has 2 rings (SSSR count). The van der Waals surface area contributed by atoms with E-state index in [1.165, 1.54) is 4.90 Å². The van der Waals surface area contributed by atoms with E-state index >= 15 is 0 Å². The number of nitrogens with zero attached hydrogens (tertiary/aromatic N) is 1. The molecule has 0 aliphatic rings. The van der Waals surface area contributed by atoms with Gasteiger partial charge in [0.2, 0.25) is 0 Å². The molecule has 0 spiro atoms. The summed E-state index contributed by atoms with van der Waals surface area (Å²) in [5, 5.41) is 2.86. The van der Waals surface area contributed by atoms with Crippen molar-refractivity contribution in [2.75, 3.05) is 13.1 Å². The van der Waals surface area contributed by atoms with Gasteiger partial charge in [-0.05, 0) is 59.1 Å². The van der Waals surface area contributed by atoms with Gasteiger partial charge in [0.1, 0.15) is 17.5 Å². The number of benzene rings is 2. The molecule has 2 unspecified atom stereocenters. The SMILES string of the molecule is CC(C)(C)OC(=O)NCC(c1ccccc1)C(Cc1ccccc1)N(CC=O)C(=O)OC(C)(C)C. The summed E-state index contributed by atoms with van der Waals surface area (Å²) < 4.78 is 11.1. The summed E-state index contributed by atoms with van der Waals surface area (Å²) in [4.78, 5) is 38.9. The Bertz CT molecular complexity index is 949. The Morgan fingerprint density at radius 3 is 1.94 bits per heavy atom. The average Bonchev–Trinajstić information content (AvgIpc) is 2.76. The van der Waals surface area contributed by atoms with Gasteiger partial charge in [-0.25, -0.2) is 9.59 Å². The molecule has 7 nitrogen and oxygen atoms in total. The molecule has 0 aliphatic carbocycles. The van der Waals surface area contributed by atoms with Crippen molar-refractivity contribution in [2.24, 2.45) is 0 Å². The molecule has 0 heterocycles. The van der Waals surface area contributed by atoms with Gasteiger partial charge < -0.3 is 19.6 Å². The molecule has 0 saturated heterocycles. The maximum absolute atomic E-state index is 13.3. The number of hydrogen-bond donors (Lipinski definition) is 1. The first-order valence-corrected chi connectivity index (χ1v) is 11.9. The summed E-state index contributed by atoms with van der Waals surface area (Å²) in [6, 6.07) is 18.9. The Labute approximate surface area is 208 Å². The smallest absolute Gasteiger partial charge is 0.410 e. The van der Waals surface area contributed by atoms with Crippen LogP contribution in [0.4, 0.5) is 9.59 Å². The van der Waals surface area contributed by atoms with Crippen molar-refractivity contribution in [1.29, 1.82) is 0 Å². The number of rotatable bonds is 9. The molecule has 190 valence electrons. The Kier molecular flexibility index (Phi) is 9.87. The van der Waals surface area contributed by atoms with Gasteiger partial charge >= 0.3 is 12.2 Å². The van der Waals surface area contributed by atoms with E-state index in [1.807, 2.05) is 60.7 Å². The number of amides is 2. The van der Waals surface area contributed by atoms with Gasteiger partial charge in [0, 0.05) is 18.5 Å². The minimum atomic E-state index is -0.730. The molecule has 2 amide bonds. The van der Waals surface area contributed by atoms with E-state index in [9.17, 15) is 14.4 Å². The molecule has 0 radical (unpaired) electrons. The van der Waals surface area contributed by atoms with Crippen molar-refractivity contribution in [3.63, 3.8) is 0 Å². The van der Waals surface area contributed by atoms with Crippen molar-refractivity contribution in [3.05, 3.63) is 71.8 Å². The highest BCUT2D eigenvalue weighted by atomic mass is 16.6. The van der Waals surface area contributed by atoms with Gasteiger partial charge in [0.25, 0.3) is 0 Å². The second kappa shape index (κ2) is 12.4. The molecular weight excluding hydrogens is 444 g/mol. The predicted molar refractivity (Wildman–Crippen MR) is 136 cm³/mol. The first kappa shape index (κ1) is 27.9. The molecule has 0 bridgehead atoms. The zero-order chi connectivity index (χ0) is 26.1. The van der Waals surface area contributed by atoms with Gasteiger partial charge in [-0.15, -0.1) is 0 Å². The van der Waals surface area contributed by atoms with Crippen LogP contribution in [0.15, 0.2) is 60.7 Å².